The molecule has 0 fully saturated rings. The van der Waals surface area contributed by atoms with Gasteiger partial charge in [-0.3, -0.25) is 4.79 Å². The highest BCUT2D eigenvalue weighted by molar-refractivity contribution is 5.76. The molecule has 0 spiro atoms. The molecule has 1 atom stereocenters. The average Bonchev–Trinajstić information content (AvgIpc) is 3.34. The molecular weight excluding hydrogens is 306 g/mol. The Morgan fingerprint density at radius 2 is 2.17 bits per heavy atom. The lowest BCUT2D eigenvalue weighted by molar-refractivity contribution is -0.121. The Labute approximate surface area is 138 Å². The lowest BCUT2D eigenvalue weighted by Gasteiger charge is -2.13. The molecule has 0 saturated heterocycles. The van der Waals surface area contributed by atoms with Crippen molar-refractivity contribution in [3.8, 4) is 11.6 Å². The van der Waals surface area contributed by atoms with Crippen LogP contribution in [0.3, 0.4) is 0 Å². The Balaban J connectivity index is 1.33. The second kappa shape index (κ2) is 6.31. The molecular formula is C18H17N3O3. The first-order valence-corrected chi connectivity index (χ1v) is 8.03. The fourth-order valence-corrected chi connectivity index (χ4v) is 3.06. The minimum atomic E-state index is -0.00514. The minimum Gasteiger partial charge on any atom is -0.461 e. The number of carbonyl (C=O) groups excluding carboxylic acids is 1. The van der Waals surface area contributed by atoms with E-state index in [1.165, 1.54) is 11.1 Å². The van der Waals surface area contributed by atoms with E-state index in [-0.39, 0.29) is 11.9 Å². The highest BCUT2D eigenvalue weighted by atomic mass is 16.5. The van der Waals surface area contributed by atoms with Crippen LogP contribution in [0.2, 0.25) is 0 Å². The van der Waals surface area contributed by atoms with Gasteiger partial charge in [-0.2, -0.15) is 4.98 Å². The van der Waals surface area contributed by atoms with Crippen LogP contribution in [0, 0.1) is 0 Å². The third-order valence-corrected chi connectivity index (χ3v) is 4.24. The van der Waals surface area contributed by atoms with E-state index in [0.29, 0.717) is 30.3 Å². The van der Waals surface area contributed by atoms with Gasteiger partial charge in [-0.1, -0.05) is 29.4 Å². The van der Waals surface area contributed by atoms with Crippen molar-refractivity contribution in [2.45, 2.75) is 31.7 Å². The molecule has 4 rings (SSSR count). The van der Waals surface area contributed by atoms with Gasteiger partial charge in [0.15, 0.2) is 5.76 Å². The number of hydrogen-bond donors (Lipinski definition) is 1. The zero-order valence-electron chi connectivity index (χ0n) is 13.1. The van der Waals surface area contributed by atoms with E-state index >= 15 is 0 Å². The predicted octanol–water partition coefficient (Wildman–Crippen LogP) is 3.07. The van der Waals surface area contributed by atoms with Crippen molar-refractivity contribution in [1.82, 2.24) is 15.5 Å². The van der Waals surface area contributed by atoms with Crippen LogP contribution >= 0.6 is 0 Å². The summed E-state index contributed by atoms with van der Waals surface area (Å²) in [5, 5.41) is 6.95. The fraction of sp³-hybridized carbons (Fsp3) is 0.278. The maximum atomic E-state index is 12.2. The van der Waals surface area contributed by atoms with Crippen LogP contribution in [0.4, 0.5) is 0 Å². The molecule has 1 aliphatic carbocycles. The number of benzene rings is 1. The normalized spacial score (nSPS) is 16.1. The molecule has 1 amide bonds. The van der Waals surface area contributed by atoms with Gasteiger partial charge >= 0.3 is 0 Å². The number of nitrogens with zero attached hydrogens (tertiary/aromatic N) is 2. The first-order chi connectivity index (χ1) is 11.8. The zero-order valence-corrected chi connectivity index (χ0v) is 13.1. The van der Waals surface area contributed by atoms with Gasteiger partial charge in [-0.25, -0.2) is 0 Å². The molecule has 3 aromatic rings. The SMILES string of the molecule is O=C(CCc1nc(-c2ccco2)no1)NC1CCc2ccccc21. The van der Waals surface area contributed by atoms with Gasteiger partial charge in [0, 0.05) is 12.8 Å². The molecule has 2 aromatic heterocycles. The molecule has 122 valence electrons. The van der Waals surface area contributed by atoms with E-state index in [9.17, 15) is 4.79 Å². The van der Waals surface area contributed by atoms with Gasteiger partial charge in [-0.15, -0.1) is 0 Å². The highest BCUT2D eigenvalue weighted by Gasteiger charge is 2.23. The Bertz CT molecular complexity index is 839. The largest absolute Gasteiger partial charge is 0.461 e. The number of aryl methyl sites for hydroxylation is 2. The number of amides is 1. The molecule has 6 nitrogen and oxygen atoms in total. The average molecular weight is 323 g/mol. The molecule has 1 unspecified atom stereocenters. The van der Waals surface area contributed by atoms with E-state index in [1.807, 2.05) is 12.1 Å². The monoisotopic (exact) mass is 323 g/mol. The molecule has 0 radical (unpaired) electrons. The summed E-state index contributed by atoms with van der Waals surface area (Å²) in [7, 11) is 0. The van der Waals surface area contributed by atoms with E-state index in [4.69, 9.17) is 8.94 Å². The Hall–Kier alpha value is -2.89. The lowest BCUT2D eigenvalue weighted by atomic mass is 10.1. The highest BCUT2D eigenvalue weighted by Crippen LogP contribution is 2.30. The number of carbonyl (C=O) groups is 1. The third-order valence-electron chi connectivity index (χ3n) is 4.24. The molecule has 1 N–H and O–H groups in total. The number of nitrogens with one attached hydrogen (secondary N) is 1. The van der Waals surface area contributed by atoms with Crippen LogP contribution < -0.4 is 5.32 Å². The Kier molecular flexibility index (Phi) is 3.86. The summed E-state index contributed by atoms with van der Waals surface area (Å²) < 4.78 is 10.4. The van der Waals surface area contributed by atoms with Gasteiger partial charge in [0.2, 0.25) is 17.6 Å². The van der Waals surface area contributed by atoms with Crippen molar-refractivity contribution >= 4 is 5.91 Å². The Morgan fingerprint density at radius 3 is 3.04 bits per heavy atom. The van der Waals surface area contributed by atoms with Crippen LogP contribution in [-0.2, 0) is 17.6 Å². The second-order valence-electron chi connectivity index (χ2n) is 5.85. The van der Waals surface area contributed by atoms with Crippen molar-refractivity contribution < 1.29 is 13.7 Å². The quantitative estimate of drug-likeness (QED) is 0.780. The van der Waals surface area contributed by atoms with Crippen molar-refractivity contribution in [1.29, 1.82) is 0 Å². The molecule has 1 aliphatic rings. The van der Waals surface area contributed by atoms with E-state index in [2.05, 4.69) is 27.6 Å². The minimum absolute atomic E-state index is 0.00514. The van der Waals surface area contributed by atoms with Crippen LogP contribution in [0.1, 0.15) is 35.9 Å². The Morgan fingerprint density at radius 1 is 1.25 bits per heavy atom. The van der Waals surface area contributed by atoms with Gasteiger partial charge in [0.05, 0.1) is 12.3 Å². The standard InChI is InChI=1S/C18H17N3O3/c22-16(19-14-8-7-12-4-1-2-5-13(12)14)9-10-17-20-18(21-24-17)15-6-3-11-23-15/h1-6,11,14H,7-10H2,(H,19,22). The van der Waals surface area contributed by atoms with E-state index in [1.54, 1.807) is 18.4 Å². The lowest BCUT2D eigenvalue weighted by Crippen LogP contribution is -2.27. The number of hydrogen-bond acceptors (Lipinski definition) is 5. The predicted molar refractivity (Wildman–Crippen MR) is 86.0 cm³/mol. The summed E-state index contributed by atoms with van der Waals surface area (Å²) in [6, 6.07) is 11.9. The first kappa shape index (κ1) is 14.7. The van der Waals surface area contributed by atoms with Crippen LogP contribution in [0.5, 0.6) is 0 Å². The summed E-state index contributed by atoms with van der Waals surface area (Å²) in [5.41, 5.74) is 2.55. The molecule has 0 aliphatic heterocycles. The van der Waals surface area contributed by atoms with Crippen LogP contribution in [-0.4, -0.2) is 16.0 Å². The van der Waals surface area contributed by atoms with Gasteiger partial charge in [-0.05, 0) is 36.1 Å². The fourth-order valence-electron chi connectivity index (χ4n) is 3.06. The summed E-state index contributed by atoms with van der Waals surface area (Å²) in [6.07, 6.45) is 4.25. The molecule has 24 heavy (non-hydrogen) atoms. The van der Waals surface area contributed by atoms with Crippen molar-refractivity contribution in [2.24, 2.45) is 0 Å². The zero-order chi connectivity index (χ0) is 16.4. The van der Waals surface area contributed by atoms with Crippen molar-refractivity contribution in [3.05, 3.63) is 59.7 Å². The molecule has 6 heteroatoms. The molecule has 2 heterocycles. The van der Waals surface area contributed by atoms with E-state index in [0.717, 1.165) is 12.8 Å². The summed E-state index contributed by atoms with van der Waals surface area (Å²) in [4.78, 5) is 16.4. The topological polar surface area (TPSA) is 81.2 Å². The number of furan rings is 1. The van der Waals surface area contributed by atoms with Gasteiger partial charge in [0.1, 0.15) is 0 Å². The summed E-state index contributed by atoms with van der Waals surface area (Å²) >= 11 is 0. The number of aromatic nitrogens is 2. The molecule has 0 bridgehead atoms. The molecule has 0 saturated carbocycles. The second-order valence-corrected chi connectivity index (χ2v) is 5.85. The maximum absolute atomic E-state index is 12.2. The van der Waals surface area contributed by atoms with Crippen LogP contribution in [0.25, 0.3) is 11.6 Å². The summed E-state index contributed by atoms with van der Waals surface area (Å²) in [6.45, 7) is 0. The maximum Gasteiger partial charge on any atom is 0.238 e. The number of rotatable bonds is 5. The van der Waals surface area contributed by atoms with Gasteiger partial charge in [0.25, 0.3) is 0 Å². The third kappa shape index (κ3) is 2.95. The van der Waals surface area contributed by atoms with Crippen LogP contribution in [0.15, 0.2) is 51.6 Å². The number of fused-ring (bicyclic) bond motifs is 1. The first-order valence-electron chi connectivity index (χ1n) is 8.03. The van der Waals surface area contributed by atoms with E-state index < -0.39 is 0 Å². The van der Waals surface area contributed by atoms with Gasteiger partial charge < -0.3 is 14.3 Å². The summed E-state index contributed by atoms with van der Waals surface area (Å²) in [5.74, 6) is 1.38. The van der Waals surface area contributed by atoms with Crippen molar-refractivity contribution in [2.75, 3.05) is 0 Å². The smallest absolute Gasteiger partial charge is 0.238 e. The molecule has 1 aromatic carbocycles. The van der Waals surface area contributed by atoms with Crippen molar-refractivity contribution in [3.63, 3.8) is 0 Å².